The molecule has 4 aromatic rings. The van der Waals surface area contributed by atoms with Crippen LogP contribution in [0.1, 0.15) is 41.3 Å². The molecule has 3 heteroatoms. The molecular weight excluding hydrogens is 436 g/mol. The van der Waals surface area contributed by atoms with Crippen molar-refractivity contribution in [2.75, 3.05) is 6.54 Å². The molecular formula is C31H35ClN2. The van der Waals surface area contributed by atoms with Crippen LogP contribution in [0.5, 0.6) is 0 Å². The summed E-state index contributed by atoms with van der Waals surface area (Å²) in [6.45, 7) is 3.17. The average Bonchev–Trinajstić information content (AvgIpc) is 2.88. The van der Waals surface area contributed by atoms with Gasteiger partial charge in [0.15, 0.2) is 0 Å². The highest BCUT2D eigenvalue weighted by atomic mass is 35.5. The zero-order valence-electron chi connectivity index (χ0n) is 19.8. The summed E-state index contributed by atoms with van der Waals surface area (Å²) in [5.74, 6) is 0. The van der Waals surface area contributed by atoms with Gasteiger partial charge < -0.3 is 10.6 Å². The molecule has 0 radical (unpaired) electrons. The fourth-order valence-electron chi connectivity index (χ4n) is 4.37. The largest absolute Gasteiger partial charge is 0.308 e. The first-order valence-electron chi connectivity index (χ1n) is 11.9. The van der Waals surface area contributed by atoms with Crippen molar-refractivity contribution in [1.29, 1.82) is 0 Å². The van der Waals surface area contributed by atoms with E-state index in [4.69, 9.17) is 0 Å². The summed E-state index contributed by atoms with van der Waals surface area (Å²) in [6, 6.07) is 43.9. The number of rotatable bonds is 11. The quantitative estimate of drug-likeness (QED) is 0.248. The molecule has 34 heavy (non-hydrogen) atoms. The zero-order chi connectivity index (χ0) is 22.7. The first-order chi connectivity index (χ1) is 16.3. The van der Waals surface area contributed by atoms with Crippen LogP contribution in [0.3, 0.4) is 0 Å². The van der Waals surface area contributed by atoms with Crippen molar-refractivity contribution in [3.05, 3.63) is 144 Å². The Balaban J connectivity index is 0.00000324. The minimum atomic E-state index is 0. The number of hydrogen-bond donors (Lipinski definition) is 2. The third kappa shape index (κ3) is 7.85. The molecule has 3 unspecified atom stereocenters. The van der Waals surface area contributed by atoms with Crippen molar-refractivity contribution >= 4 is 12.4 Å². The third-order valence-corrected chi connectivity index (χ3v) is 6.13. The topological polar surface area (TPSA) is 24.1 Å². The van der Waals surface area contributed by atoms with E-state index in [9.17, 15) is 0 Å². The molecule has 0 aliphatic carbocycles. The Hall–Kier alpha value is -2.91. The van der Waals surface area contributed by atoms with Gasteiger partial charge in [0.05, 0.1) is 0 Å². The first kappa shape index (κ1) is 25.7. The summed E-state index contributed by atoms with van der Waals surface area (Å²) in [6.07, 6.45) is 1.95. The van der Waals surface area contributed by atoms with E-state index in [0.717, 1.165) is 19.4 Å². The Labute approximate surface area is 210 Å². The standard InChI is InChI=1S/C31H34N2.ClH/c1-25(33-31(29-20-12-5-13-21-29)23-27-16-8-3-9-17-27)24-32-30(28-18-10-4-11-19-28)22-26-14-6-2-7-15-26;/h2-21,25,30-33H,22-24H2,1H3;1H. The summed E-state index contributed by atoms with van der Waals surface area (Å²) in [4.78, 5) is 0. The number of nitrogens with one attached hydrogen (secondary N) is 2. The second-order valence-electron chi connectivity index (χ2n) is 8.78. The van der Waals surface area contributed by atoms with Crippen LogP contribution < -0.4 is 10.6 Å². The number of halogens is 1. The highest BCUT2D eigenvalue weighted by Crippen LogP contribution is 2.21. The Morgan fingerprint density at radius 3 is 1.38 bits per heavy atom. The maximum absolute atomic E-state index is 3.89. The monoisotopic (exact) mass is 470 g/mol. The van der Waals surface area contributed by atoms with E-state index >= 15 is 0 Å². The van der Waals surface area contributed by atoms with Gasteiger partial charge in [-0.1, -0.05) is 121 Å². The maximum atomic E-state index is 3.89. The van der Waals surface area contributed by atoms with E-state index in [0.29, 0.717) is 6.04 Å². The van der Waals surface area contributed by atoms with Gasteiger partial charge in [-0.2, -0.15) is 0 Å². The van der Waals surface area contributed by atoms with E-state index < -0.39 is 0 Å². The lowest BCUT2D eigenvalue weighted by Crippen LogP contribution is -2.40. The third-order valence-electron chi connectivity index (χ3n) is 6.13. The molecule has 3 atom stereocenters. The molecule has 0 bridgehead atoms. The molecule has 0 spiro atoms. The SMILES string of the molecule is CC(CNC(Cc1ccccc1)c1ccccc1)NC(Cc1ccccc1)c1ccccc1.Cl. The normalized spacial score (nSPS) is 13.4. The van der Waals surface area contributed by atoms with Crippen LogP contribution in [-0.4, -0.2) is 12.6 Å². The molecule has 0 fully saturated rings. The number of hydrogen-bond acceptors (Lipinski definition) is 2. The van der Waals surface area contributed by atoms with E-state index in [2.05, 4.69) is 139 Å². The van der Waals surface area contributed by atoms with Crippen LogP contribution in [0.25, 0.3) is 0 Å². The molecule has 0 saturated carbocycles. The predicted octanol–water partition coefficient (Wildman–Crippen LogP) is 6.94. The Bertz CT molecular complexity index is 1060. The van der Waals surface area contributed by atoms with Crippen LogP contribution in [0.4, 0.5) is 0 Å². The Morgan fingerprint density at radius 2 is 0.912 bits per heavy atom. The van der Waals surface area contributed by atoms with Gasteiger partial charge in [-0.3, -0.25) is 0 Å². The van der Waals surface area contributed by atoms with Gasteiger partial charge in [0.1, 0.15) is 0 Å². The van der Waals surface area contributed by atoms with Crippen molar-refractivity contribution in [2.24, 2.45) is 0 Å². The van der Waals surface area contributed by atoms with Crippen LogP contribution in [0.2, 0.25) is 0 Å². The lowest BCUT2D eigenvalue weighted by atomic mass is 9.97. The minimum absolute atomic E-state index is 0. The maximum Gasteiger partial charge on any atom is 0.0363 e. The molecule has 176 valence electrons. The molecule has 2 nitrogen and oxygen atoms in total. The van der Waals surface area contributed by atoms with Crippen molar-refractivity contribution in [2.45, 2.75) is 37.9 Å². The van der Waals surface area contributed by atoms with Gasteiger partial charge >= 0.3 is 0 Å². The minimum Gasteiger partial charge on any atom is -0.308 e. The van der Waals surface area contributed by atoms with E-state index in [1.54, 1.807) is 0 Å². The van der Waals surface area contributed by atoms with E-state index in [-0.39, 0.29) is 24.5 Å². The van der Waals surface area contributed by atoms with Gasteiger partial charge in [-0.15, -0.1) is 12.4 Å². The van der Waals surface area contributed by atoms with E-state index in [1.165, 1.54) is 22.3 Å². The molecule has 2 N–H and O–H groups in total. The second kappa shape index (κ2) is 13.7. The van der Waals surface area contributed by atoms with Crippen LogP contribution in [0, 0.1) is 0 Å². The van der Waals surface area contributed by atoms with E-state index in [1.807, 2.05) is 0 Å². The molecule has 0 heterocycles. The van der Waals surface area contributed by atoms with Crippen LogP contribution >= 0.6 is 12.4 Å². The Morgan fingerprint density at radius 1 is 0.529 bits per heavy atom. The first-order valence-corrected chi connectivity index (χ1v) is 11.9. The van der Waals surface area contributed by atoms with Crippen molar-refractivity contribution in [3.63, 3.8) is 0 Å². The highest BCUT2D eigenvalue weighted by molar-refractivity contribution is 5.85. The Kier molecular flexibility index (Phi) is 10.4. The van der Waals surface area contributed by atoms with Gasteiger partial charge in [0.25, 0.3) is 0 Å². The molecule has 0 aromatic heterocycles. The molecule has 4 aromatic carbocycles. The van der Waals surface area contributed by atoms with Crippen LogP contribution in [-0.2, 0) is 12.8 Å². The summed E-state index contributed by atoms with van der Waals surface area (Å²) in [7, 11) is 0. The lowest BCUT2D eigenvalue weighted by molar-refractivity contribution is 0.407. The average molecular weight is 471 g/mol. The summed E-state index contributed by atoms with van der Waals surface area (Å²) in [5, 5.41) is 7.73. The fraction of sp³-hybridized carbons (Fsp3) is 0.226. The smallest absolute Gasteiger partial charge is 0.0363 e. The highest BCUT2D eigenvalue weighted by Gasteiger charge is 2.17. The fourth-order valence-corrected chi connectivity index (χ4v) is 4.37. The molecule has 4 rings (SSSR count). The van der Waals surface area contributed by atoms with Gasteiger partial charge in [-0.25, -0.2) is 0 Å². The number of benzene rings is 4. The van der Waals surface area contributed by atoms with Gasteiger partial charge in [0.2, 0.25) is 0 Å². The zero-order valence-corrected chi connectivity index (χ0v) is 20.6. The van der Waals surface area contributed by atoms with Crippen molar-refractivity contribution in [1.82, 2.24) is 10.6 Å². The van der Waals surface area contributed by atoms with Gasteiger partial charge in [-0.05, 0) is 42.0 Å². The molecule has 0 saturated heterocycles. The summed E-state index contributed by atoms with van der Waals surface area (Å²) >= 11 is 0. The predicted molar refractivity (Wildman–Crippen MR) is 147 cm³/mol. The second-order valence-corrected chi connectivity index (χ2v) is 8.78. The van der Waals surface area contributed by atoms with Crippen molar-refractivity contribution < 1.29 is 0 Å². The van der Waals surface area contributed by atoms with Crippen molar-refractivity contribution in [3.8, 4) is 0 Å². The van der Waals surface area contributed by atoms with Gasteiger partial charge in [0, 0.05) is 24.7 Å². The molecule has 0 aliphatic heterocycles. The van der Waals surface area contributed by atoms with Crippen LogP contribution in [0.15, 0.2) is 121 Å². The molecule has 0 amide bonds. The molecule has 0 aliphatic rings. The summed E-state index contributed by atoms with van der Waals surface area (Å²) in [5.41, 5.74) is 5.37. The summed E-state index contributed by atoms with van der Waals surface area (Å²) < 4.78 is 0. The lowest BCUT2D eigenvalue weighted by Gasteiger charge is -2.27.